The maximum absolute atomic E-state index is 11.0. The van der Waals surface area contributed by atoms with Gasteiger partial charge in [0.1, 0.15) is 0 Å². The van der Waals surface area contributed by atoms with E-state index in [1.54, 1.807) is 11.8 Å². The van der Waals surface area contributed by atoms with E-state index in [1.165, 1.54) is 0 Å². The molecule has 13 heavy (non-hydrogen) atoms. The molecule has 0 radical (unpaired) electrons. The number of aliphatic hydroxyl groups excluding tert-OH is 1. The highest BCUT2D eigenvalue weighted by atomic mass is 32.2. The molecule has 0 saturated heterocycles. The summed E-state index contributed by atoms with van der Waals surface area (Å²) in [5.41, 5.74) is 0. The summed E-state index contributed by atoms with van der Waals surface area (Å²) in [5, 5.41) is 8.42. The summed E-state index contributed by atoms with van der Waals surface area (Å²) >= 11 is 1.75. The Labute approximate surface area is 84.2 Å². The van der Waals surface area contributed by atoms with E-state index in [4.69, 9.17) is 5.11 Å². The van der Waals surface area contributed by atoms with Gasteiger partial charge in [-0.1, -0.05) is 0 Å². The zero-order valence-corrected chi connectivity index (χ0v) is 9.46. The van der Waals surface area contributed by atoms with E-state index in [2.05, 4.69) is 4.72 Å². The lowest BCUT2D eigenvalue weighted by atomic mass is 10.3. The van der Waals surface area contributed by atoms with E-state index >= 15 is 0 Å². The lowest BCUT2D eigenvalue weighted by Crippen LogP contribution is -2.28. The van der Waals surface area contributed by atoms with Gasteiger partial charge in [0.25, 0.3) is 0 Å². The van der Waals surface area contributed by atoms with Crippen LogP contribution in [0.5, 0.6) is 0 Å². The van der Waals surface area contributed by atoms with Crippen LogP contribution in [0.15, 0.2) is 0 Å². The van der Waals surface area contributed by atoms with Gasteiger partial charge in [0.2, 0.25) is 10.0 Å². The highest BCUT2D eigenvalue weighted by Gasteiger charge is 2.06. The number of nitrogens with one attached hydrogen (secondary N) is 1. The second-order valence-electron chi connectivity index (χ2n) is 2.64. The van der Waals surface area contributed by atoms with Crippen LogP contribution in [-0.2, 0) is 10.0 Å². The van der Waals surface area contributed by atoms with Gasteiger partial charge in [-0.15, -0.1) is 0 Å². The van der Waals surface area contributed by atoms with E-state index in [-0.39, 0.29) is 12.4 Å². The van der Waals surface area contributed by atoms with E-state index in [1.807, 2.05) is 6.26 Å². The molecule has 0 fully saturated rings. The average molecular weight is 227 g/mol. The molecule has 0 aromatic rings. The van der Waals surface area contributed by atoms with E-state index in [0.29, 0.717) is 6.54 Å². The van der Waals surface area contributed by atoms with Crippen LogP contribution in [0, 0.1) is 0 Å². The number of rotatable bonds is 8. The molecule has 2 N–H and O–H groups in total. The molecule has 0 heterocycles. The molecule has 0 atom stereocenters. The molecule has 0 aromatic heterocycles. The summed E-state index contributed by atoms with van der Waals surface area (Å²) in [6, 6.07) is 0. The number of sulfonamides is 1. The van der Waals surface area contributed by atoms with Crippen LogP contribution in [0.2, 0.25) is 0 Å². The maximum Gasteiger partial charge on any atom is 0.213 e. The summed E-state index contributed by atoms with van der Waals surface area (Å²) in [4.78, 5) is 0. The molecule has 0 amide bonds. The van der Waals surface area contributed by atoms with Crippen molar-refractivity contribution < 1.29 is 13.5 Å². The summed E-state index contributed by atoms with van der Waals surface area (Å²) in [6.45, 7) is 0.156. The molecule has 0 rings (SSSR count). The van der Waals surface area contributed by atoms with E-state index in [0.717, 1.165) is 18.6 Å². The Morgan fingerprint density at radius 3 is 2.62 bits per heavy atom. The molecule has 0 aromatic carbocycles. The number of hydrogen-bond donors (Lipinski definition) is 2. The van der Waals surface area contributed by atoms with E-state index < -0.39 is 10.0 Å². The SMILES string of the molecule is CSCCCCNS(=O)(=O)CCO. The first-order chi connectivity index (χ1) is 6.12. The average Bonchev–Trinajstić information content (AvgIpc) is 2.04. The molecule has 4 nitrogen and oxygen atoms in total. The summed E-state index contributed by atoms with van der Waals surface area (Å²) < 4.78 is 24.4. The van der Waals surface area contributed by atoms with Crippen molar-refractivity contribution in [1.29, 1.82) is 0 Å². The maximum atomic E-state index is 11.0. The number of hydrogen-bond acceptors (Lipinski definition) is 4. The third kappa shape index (κ3) is 8.55. The largest absolute Gasteiger partial charge is 0.395 e. The molecule has 0 unspecified atom stereocenters. The second kappa shape index (κ2) is 7.61. The Hall–Kier alpha value is 0.220. The van der Waals surface area contributed by atoms with Crippen LogP contribution < -0.4 is 4.72 Å². The third-order valence-electron chi connectivity index (χ3n) is 1.46. The second-order valence-corrected chi connectivity index (χ2v) is 5.55. The number of aliphatic hydroxyl groups is 1. The van der Waals surface area contributed by atoms with Crippen LogP contribution in [0.25, 0.3) is 0 Å². The molecular weight excluding hydrogens is 210 g/mol. The minimum Gasteiger partial charge on any atom is -0.395 e. The molecule has 80 valence electrons. The van der Waals surface area contributed by atoms with Gasteiger partial charge in [0.05, 0.1) is 12.4 Å². The van der Waals surface area contributed by atoms with Crippen molar-refractivity contribution in [2.45, 2.75) is 12.8 Å². The Morgan fingerprint density at radius 1 is 1.38 bits per heavy atom. The highest BCUT2D eigenvalue weighted by molar-refractivity contribution is 7.98. The zero-order chi connectivity index (χ0) is 10.2. The smallest absolute Gasteiger partial charge is 0.213 e. The van der Waals surface area contributed by atoms with Crippen molar-refractivity contribution in [1.82, 2.24) is 4.72 Å². The van der Waals surface area contributed by atoms with Gasteiger partial charge >= 0.3 is 0 Å². The zero-order valence-electron chi connectivity index (χ0n) is 7.82. The van der Waals surface area contributed by atoms with Crippen molar-refractivity contribution in [3.05, 3.63) is 0 Å². The molecule has 0 aliphatic heterocycles. The Balaban J connectivity index is 3.41. The first-order valence-corrected chi connectivity index (χ1v) is 7.24. The Kier molecular flexibility index (Phi) is 7.74. The predicted octanol–water partition coefficient (Wildman–Crippen LogP) is 0.0413. The van der Waals surface area contributed by atoms with Gasteiger partial charge in [-0.3, -0.25) is 0 Å². The van der Waals surface area contributed by atoms with Crippen LogP contribution in [0.3, 0.4) is 0 Å². The first-order valence-electron chi connectivity index (χ1n) is 4.19. The van der Waals surface area contributed by atoms with Gasteiger partial charge in [-0.2, -0.15) is 11.8 Å². The van der Waals surface area contributed by atoms with Crippen molar-refractivity contribution in [3.63, 3.8) is 0 Å². The molecule has 6 heteroatoms. The van der Waals surface area contributed by atoms with E-state index in [9.17, 15) is 8.42 Å². The predicted molar refractivity (Wildman–Crippen MR) is 56.5 cm³/mol. The third-order valence-corrected chi connectivity index (χ3v) is 3.52. The van der Waals surface area contributed by atoms with Crippen LogP contribution in [-0.4, -0.2) is 44.4 Å². The first kappa shape index (κ1) is 13.2. The van der Waals surface area contributed by atoms with Gasteiger partial charge in [0.15, 0.2) is 0 Å². The van der Waals surface area contributed by atoms with Crippen molar-refractivity contribution >= 4 is 21.8 Å². The van der Waals surface area contributed by atoms with Crippen molar-refractivity contribution in [2.24, 2.45) is 0 Å². The lowest BCUT2D eigenvalue weighted by Gasteiger charge is -2.04. The molecule has 0 bridgehead atoms. The molecule has 0 spiro atoms. The normalized spacial score (nSPS) is 11.8. The molecule has 0 aliphatic carbocycles. The molecule has 0 aliphatic rings. The lowest BCUT2D eigenvalue weighted by molar-refractivity contribution is 0.319. The minimum absolute atomic E-state index is 0.199. The van der Waals surface area contributed by atoms with Crippen LogP contribution in [0.1, 0.15) is 12.8 Å². The Bertz CT molecular complexity index is 204. The van der Waals surface area contributed by atoms with Crippen LogP contribution in [0.4, 0.5) is 0 Å². The van der Waals surface area contributed by atoms with Gasteiger partial charge in [0, 0.05) is 6.54 Å². The standard InChI is InChI=1S/C7H17NO3S2/c1-12-6-3-2-4-8-13(10,11)7-5-9/h8-9H,2-7H2,1H3. The summed E-state index contributed by atoms with van der Waals surface area (Å²) in [6.07, 6.45) is 3.89. The van der Waals surface area contributed by atoms with Gasteiger partial charge in [-0.05, 0) is 24.9 Å². The quantitative estimate of drug-likeness (QED) is 0.575. The fourth-order valence-electron chi connectivity index (χ4n) is 0.791. The number of unbranched alkanes of at least 4 members (excludes halogenated alkanes) is 1. The summed E-state index contributed by atoms with van der Waals surface area (Å²) in [7, 11) is -3.23. The summed E-state index contributed by atoms with van der Waals surface area (Å²) in [5.74, 6) is 0.858. The fourth-order valence-corrected chi connectivity index (χ4v) is 2.12. The monoisotopic (exact) mass is 227 g/mol. The molecule has 0 saturated carbocycles. The molecular formula is C7H17NO3S2. The van der Waals surface area contributed by atoms with Gasteiger partial charge < -0.3 is 5.11 Å². The fraction of sp³-hybridized carbons (Fsp3) is 1.00. The minimum atomic E-state index is -3.23. The number of thioether (sulfide) groups is 1. The van der Waals surface area contributed by atoms with Crippen molar-refractivity contribution in [2.75, 3.05) is 30.9 Å². The highest BCUT2D eigenvalue weighted by Crippen LogP contribution is 1.98. The van der Waals surface area contributed by atoms with Crippen LogP contribution >= 0.6 is 11.8 Å². The topological polar surface area (TPSA) is 66.4 Å². The van der Waals surface area contributed by atoms with Gasteiger partial charge in [-0.25, -0.2) is 13.1 Å². The van der Waals surface area contributed by atoms with Crippen molar-refractivity contribution in [3.8, 4) is 0 Å². The Morgan fingerprint density at radius 2 is 2.08 bits per heavy atom.